The summed E-state index contributed by atoms with van der Waals surface area (Å²) in [6.45, 7) is 2.29. The quantitative estimate of drug-likeness (QED) is 0.224. The molecule has 1 aliphatic carbocycles. The van der Waals surface area contributed by atoms with Gasteiger partial charge in [-0.3, -0.25) is 9.59 Å². The second-order valence-corrected chi connectivity index (χ2v) is 10.9. The van der Waals surface area contributed by atoms with Crippen LogP contribution in [0.4, 0.5) is 5.69 Å². The number of hydrogen-bond acceptors (Lipinski definition) is 8. The first-order valence-electron chi connectivity index (χ1n) is 13.9. The number of anilines is 1. The number of hydrogen-bond donors (Lipinski definition) is 3. The van der Waals surface area contributed by atoms with E-state index >= 15 is 0 Å². The van der Waals surface area contributed by atoms with Gasteiger partial charge in [-0.2, -0.15) is 0 Å². The predicted octanol–water partition coefficient (Wildman–Crippen LogP) is 3.14. The fraction of sp³-hybridized carbons (Fsp3) is 0.714. The van der Waals surface area contributed by atoms with Crippen LogP contribution in [0.1, 0.15) is 57.4 Å². The van der Waals surface area contributed by atoms with Crippen LogP contribution in [0.5, 0.6) is 0 Å². The lowest BCUT2D eigenvalue weighted by Crippen LogP contribution is -2.66. The number of nitrogens with zero attached hydrogens (tertiary/aromatic N) is 1. The number of amides is 1. The van der Waals surface area contributed by atoms with Gasteiger partial charge in [0.2, 0.25) is 5.91 Å². The van der Waals surface area contributed by atoms with E-state index in [1.54, 1.807) is 0 Å². The average molecular weight is 590 g/mol. The van der Waals surface area contributed by atoms with Gasteiger partial charge in [-0.1, -0.05) is 31.4 Å². The van der Waals surface area contributed by atoms with Crippen LogP contribution in [0.3, 0.4) is 0 Å². The van der Waals surface area contributed by atoms with E-state index in [4.69, 9.17) is 37.4 Å². The number of carbonyl (C=O) groups is 2. The molecule has 1 amide bonds. The molecular weight excluding hydrogens is 547 g/mol. The normalized spacial score (nSPS) is 25.7. The predicted molar refractivity (Wildman–Crippen MR) is 150 cm³/mol. The smallest absolute Gasteiger partial charge is 0.306 e. The third kappa shape index (κ3) is 9.76. The third-order valence-electron chi connectivity index (χ3n) is 7.23. The molecule has 0 bridgehead atoms. The van der Waals surface area contributed by atoms with E-state index in [-0.39, 0.29) is 18.4 Å². The van der Waals surface area contributed by atoms with Gasteiger partial charge in [-0.05, 0) is 43.4 Å². The molecule has 1 heterocycles. The van der Waals surface area contributed by atoms with Crippen molar-refractivity contribution in [1.29, 1.82) is 0 Å². The average Bonchev–Trinajstić information content (AvgIpc) is 2.93. The van der Waals surface area contributed by atoms with Crippen LogP contribution in [-0.4, -0.2) is 90.3 Å². The first kappa shape index (κ1) is 31.9. The van der Waals surface area contributed by atoms with Crippen molar-refractivity contribution in [2.75, 3.05) is 36.4 Å². The Morgan fingerprint density at radius 2 is 1.77 bits per heavy atom. The summed E-state index contributed by atoms with van der Waals surface area (Å²) < 4.78 is 17.7. The molecule has 5 atom stereocenters. The van der Waals surface area contributed by atoms with Gasteiger partial charge in [-0.25, -0.2) is 0 Å². The van der Waals surface area contributed by atoms with Gasteiger partial charge in [0.25, 0.3) is 0 Å². The minimum absolute atomic E-state index is 0.0608. The molecule has 11 heteroatoms. The van der Waals surface area contributed by atoms with Gasteiger partial charge in [0.05, 0.1) is 12.7 Å². The molecule has 1 aromatic rings. The summed E-state index contributed by atoms with van der Waals surface area (Å²) >= 11 is 11.8. The van der Waals surface area contributed by atoms with E-state index in [0.717, 1.165) is 43.4 Å². The minimum Gasteiger partial charge on any atom is -0.457 e. The van der Waals surface area contributed by atoms with Gasteiger partial charge < -0.3 is 34.6 Å². The highest BCUT2D eigenvalue weighted by atomic mass is 35.5. The summed E-state index contributed by atoms with van der Waals surface area (Å²) in [5, 5.41) is 23.4. The molecule has 1 saturated carbocycles. The second kappa shape index (κ2) is 16.6. The Labute approximate surface area is 241 Å². The summed E-state index contributed by atoms with van der Waals surface area (Å²) in [6, 6.07) is 7.17. The molecule has 2 fully saturated rings. The molecule has 0 radical (unpaired) electrons. The molecule has 0 aromatic heterocycles. The van der Waals surface area contributed by atoms with Gasteiger partial charge in [0, 0.05) is 43.9 Å². The number of aliphatic hydroxyl groups excluding tert-OH is 2. The maximum absolute atomic E-state index is 12.8. The number of benzene rings is 1. The molecule has 3 rings (SSSR count). The molecule has 1 saturated heterocycles. The zero-order valence-electron chi connectivity index (χ0n) is 22.6. The summed E-state index contributed by atoms with van der Waals surface area (Å²) in [4.78, 5) is 27.0. The number of aryl methyl sites for hydroxylation is 1. The van der Waals surface area contributed by atoms with Gasteiger partial charge in [0.1, 0.15) is 18.2 Å². The Hall–Kier alpha value is -1.62. The number of aliphatic hydroxyl groups is 2. The van der Waals surface area contributed by atoms with Crippen molar-refractivity contribution in [2.24, 2.45) is 0 Å². The summed E-state index contributed by atoms with van der Waals surface area (Å²) in [5.74, 6) is 0.155. The topological polar surface area (TPSA) is 118 Å². The van der Waals surface area contributed by atoms with Crippen LogP contribution in [-0.2, 0) is 30.2 Å². The molecular formula is C28H42Cl2N2O7. The van der Waals surface area contributed by atoms with Crippen molar-refractivity contribution in [1.82, 2.24) is 5.32 Å². The number of halogens is 2. The first-order valence-corrected chi connectivity index (χ1v) is 15.0. The maximum Gasteiger partial charge on any atom is 0.306 e. The monoisotopic (exact) mass is 588 g/mol. The van der Waals surface area contributed by atoms with Crippen molar-refractivity contribution < 1.29 is 34.0 Å². The van der Waals surface area contributed by atoms with Crippen LogP contribution in [0.2, 0.25) is 0 Å². The molecule has 3 N–H and O–H groups in total. The van der Waals surface area contributed by atoms with Crippen molar-refractivity contribution >= 4 is 40.8 Å². The largest absolute Gasteiger partial charge is 0.457 e. The number of esters is 1. The second-order valence-electron chi connectivity index (χ2n) is 10.2. The van der Waals surface area contributed by atoms with E-state index in [0.29, 0.717) is 37.7 Å². The van der Waals surface area contributed by atoms with Crippen LogP contribution >= 0.6 is 23.2 Å². The molecule has 220 valence electrons. The Bertz CT molecular complexity index is 879. The Morgan fingerprint density at radius 1 is 1.10 bits per heavy atom. The fourth-order valence-electron chi connectivity index (χ4n) is 5.20. The summed E-state index contributed by atoms with van der Waals surface area (Å²) in [6.07, 6.45) is 1.82. The van der Waals surface area contributed by atoms with E-state index in [1.807, 2.05) is 24.3 Å². The SMILES string of the molecule is CC(=O)N[C@H]1[C@H](OC2CCCCC2)O[C@H](CO)[C@@H](O)[C@@H]1OC(=O)CCCc1ccc(N(CCCl)CCCl)cc1. The van der Waals surface area contributed by atoms with Crippen LogP contribution < -0.4 is 10.2 Å². The highest BCUT2D eigenvalue weighted by Crippen LogP contribution is 2.29. The van der Waals surface area contributed by atoms with Gasteiger partial charge in [0.15, 0.2) is 12.4 Å². The van der Waals surface area contributed by atoms with Crippen molar-refractivity contribution in [3.05, 3.63) is 29.8 Å². The van der Waals surface area contributed by atoms with Crippen LogP contribution in [0.15, 0.2) is 24.3 Å². The van der Waals surface area contributed by atoms with Crippen molar-refractivity contribution in [3.63, 3.8) is 0 Å². The van der Waals surface area contributed by atoms with E-state index in [1.165, 1.54) is 6.92 Å². The zero-order chi connectivity index (χ0) is 28.2. The molecule has 39 heavy (non-hydrogen) atoms. The molecule has 1 aliphatic heterocycles. The highest BCUT2D eigenvalue weighted by Gasteiger charge is 2.49. The number of nitrogens with one attached hydrogen (secondary N) is 1. The van der Waals surface area contributed by atoms with Gasteiger partial charge >= 0.3 is 5.97 Å². The lowest BCUT2D eigenvalue weighted by atomic mass is 9.95. The molecule has 0 spiro atoms. The fourth-order valence-corrected chi connectivity index (χ4v) is 5.61. The first-order chi connectivity index (χ1) is 18.9. The lowest BCUT2D eigenvalue weighted by molar-refractivity contribution is -0.286. The summed E-state index contributed by atoms with van der Waals surface area (Å²) in [7, 11) is 0. The number of rotatable bonds is 14. The number of alkyl halides is 2. The van der Waals surface area contributed by atoms with E-state index < -0.39 is 43.2 Å². The number of ether oxygens (including phenoxy) is 3. The zero-order valence-corrected chi connectivity index (χ0v) is 24.1. The van der Waals surface area contributed by atoms with E-state index in [2.05, 4.69) is 10.2 Å². The standard InChI is InChI=1S/C28H42Cl2N2O7/c1-19(34)31-25-27(26(36)23(18-33)38-28(25)37-22-7-3-2-4-8-22)39-24(35)9-5-6-20-10-12-21(13-11-20)32(16-14-29)17-15-30/h10-13,22-23,25-28,33,36H,2-9,14-18H2,1H3,(H,31,34)/t23-,25-,26-,27-,28-/m1/s1. The Kier molecular flexibility index (Phi) is 13.6. The van der Waals surface area contributed by atoms with Crippen LogP contribution in [0.25, 0.3) is 0 Å². The van der Waals surface area contributed by atoms with Gasteiger partial charge in [-0.15, -0.1) is 23.2 Å². The Morgan fingerprint density at radius 3 is 2.36 bits per heavy atom. The third-order valence-corrected chi connectivity index (χ3v) is 7.56. The molecule has 9 nitrogen and oxygen atoms in total. The van der Waals surface area contributed by atoms with Crippen molar-refractivity contribution in [2.45, 2.75) is 95.0 Å². The molecule has 0 unspecified atom stereocenters. The van der Waals surface area contributed by atoms with E-state index in [9.17, 15) is 19.8 Å². The number of carbonyl (C=O) groups excluding carboxylic acids is 2. The molecule has 2 aliphatic rings. The van der Waals surface area contributed by atoms with Crippen LogP contribution in [0, 0.1) is 0 Å². The minimum atomic E-state index is -1.32. The van der Waals surface area contributed by atoms with Crippen molar-refractivity contribution in [3.8, 4) is 0 Å². The molecule has 1 aromatic carbocycles. The maximum atomic E-state index is 12.8. The summed E-state index contributed by atoms with van der Waals surface area (Å²) in [5.41, 5.74) is 2.12. The Balaban J connectivity index is 1.59. The highest BCUT2D eigenvalue weighted by molar-refractivity contribution is 6.18. The lowest BCUT2D eigenvalue weighted by Gasteiger charge is -2.45.